The number of hydrogen-bond donors (Lipinski definition) is 1. The van der Waals surface area contributed by atoms with Crippen LogP contribution in [0.2, 0.25) is 0 Å². The SMILES string of the molecule is CNCC1CCN(CCCC(=O)N(C)C)CC1. The quantitative estimate of drug-likeness (QED) is 0.747. The molecule has 1 rings (SSSR count). The number of nitrogens with one attached hydrogen (secondary N) is 1. The van der Waals surface area contributed by atoms with Crippen LogP contribution in [0.4, 0.5) is 0 Å². The first-order valence-electron chi connectivity index (χ1n) is 6.70. The zero-order valence-electron chi connectivity index (χ0n) is 11.5. The Labute approximate surface area is 105 Å². The van der Waals surface area contributed by atoms with Crippen molar-refractivity contribution in [2.75, 3.05) is 47.3 Å². The van der Waals surface area contributed by atoms with Gasteiger partial charge < -0.3 is 15.1 Å². The summed E-state index contributed by atoms with van der Waals surface area (Å²) in [6, 6.07) is 0. The molecule has 17 heavy (non-hydrogen) atoms. The summed E-state index contributed by atoms with van der Waals surface area (Å²) in [6.45, 7) is 4.61. The van der Waals surface area contributed by atoms with E-state index in [1.165, 1.54) is 25.9 Å². The highest BCUT2D eigenvalue weighted by molar-refractivity contribution is 5.75. The van der Waals surface area contributed by atoms with Gasteiger partial charge in [0, 0.05) is 20.5 Å². The fourth-order valence-electron chi connectivity index (χ4n) is 2.38. The normalized spacial score (nSPS) is 18.3. The Morgan fingerprint density at radius 2 is 2.00 bits per heavy atom. The summed E-state index contributed by atoms with van der Waals surface area (Å²) in [7, 11) is 5.68. The molecular weight excluding hydrogens is 214 g/mol. The molecule has 1 fully saturated rings. The molecule has 1 N–H and O–H groups in total. The number of carbonyl (C=O) groups excluding carboxylic acids is 1. The van der Waals surface area contributed by atoms with Gasteiger partial charge in [-0.25, -0.2) is 0 Å². The summed E-state index contributed by atoms with van der Waals surface area (Å²) in [5.74, 6) is 1.09. The summed E-state index contributed by atoms with van der Waals surface area (Å²) in [6.07, 6.45) is 4.27. The zero-order valence-corrected chi connectivity index (χ0v) is 11.5. The maximum atomic E-state index is 11.4. The topological polar surface area (TPSA) is 35.6 Å². The Hall–Kier alpha value is -0.610. The van der Waals surface area contributed by atoms with E-state index in [4.69, 9.17) is 0 Å². The van der Waals surface area contributed by atoms with Gasteiger partial charge in [-0.15, -0.1) is 0 Å². The van der Waals surface area contributed by atoms with E-state index >= 15 is 0 Å². The minimum atomic E-state index is 0.245. The van der Waals surface area contributed by atoms with E-state index in [9.17, 15) is 4.79 Å². The molecule has 0 aromatic rings. The van der Waals surface area contributed by atoms with Crippen LogP contribution in [-0.2, 0) is 4.79 Å². The standard InChI is InChI=1S/C13H27N3O/c1-14-11-12-6-9-16(10-7-12)8-4-5-13(17)15(2)3/h12,14H,4-11H2,1-3H3. The third kappa shape index (κ3) is 5.50. The van der Waals surface area contributed by atoms with Crippen molar-refractivity contribution >= 4 is 5.91 Å². The van der Waals surface area contributed by atoms with Crippen molar-refractivity contribution in [2.24, 2.45) is 5.92 Å². The predicted molar refractivity (Wildman–Crippen MR) is 71.0 cm³/mol. The zero-order chi connectivity index (χ0) is 12.7. The molecule has 0 bridgehead atoms. The summed E-state index contributed by atoms with van der Waals surface area (Å²) in [5.41, 5.74) is 0. The van der Waals surface area contributed by atoms with E-state index in [2.05, 4.69) is 10.2 Å². The van der Waals surface area contributed by atoms with Gasteiger partial charge in [-0.05, 0) is 58.4 Å². The number of carbonyl (C=O) groups is 1. The number of hydrogen-bond acceptors (Lipinski definition) is 3. The molecule has 1 aliphatic heterocycles. The summed E-state index contributed by atoms with van der Waals surface area (Å²) in [5, 5.41) is 3.25. The molecule has 0 aliphatic carbocycles. The van der Waals surface area contributed by atoms with Crippen molar-refractivity contribution in [3.8, 4) is 0 Å². The first kappa shape index (κ1) is 14.5. The minimum Gasteiger partial charge on any atom is -0.349 e. The summed E-state index contributed by atoms with van der Waals surface area (Å²) in [4.78, 5) is 15.6. The van der Waals surface area contributed by atoms with Crippen LogP contribution in [0, 0.1) is 5.92 Å². The molecule has 0 unspecified atom stereocenters. The van der Waals surface area contributed by atoms with Crippen LogP contribution in [0.25, 0.3) is 0 Å². The maximum Gasteiger partial charge on any atom is 0.222 e. The molecule has 0 radical (unpaired) electrons. The summed E-state index contributed by atoms with van der Waals surface area (Å²) < 4.78 is 0. The van der Waals surface area contributed by atoms with Gasteiger partial charge in [0.15, 0.2) is 0 Å². The number of rotatable bonds is 6. The van der Waals surface area contributed by atoms with Gasteiger partial charge in [-0.3, -0.25) is 4.79 Å². The van der Waals surface area contributed by atoms with Gasteiger partial charge in [0.25, 0.3) is 0 Å². The fourth-order valence-corrected chi connectivity index (χ4v) is 2.38. The minimum absolute atomic E-state index is 0.245. The lowest BCUT2D eigenvalue weighted by atomic mass is 9.97. The maximum absolute atomic E-state index is 11.4. The van der Waals surface area contributed by atoms with Gasteiger partial charge in [0.1, 0.15) is 0 Å². The highest BCUT2D eigenvalue weighted by atomic mass is 16.2. The highest BCUT2D eigenvalue weighted by Gasteiger charge is 2.18. The average Bonchev–Trinajstić information content (AvgIpc) is 2.31. The predicted octanol–water partition coefficient (Wildman–Crippen LogP) is 0.786. The number of piperidine rings is 1. The number of amides is 1. The molecule has 0 atom stereocenters. The second-order valence-electron chi connectivity index (χ2n) is 5.23. The van der Waals surface area contributed by atoms with Crippen LogP contribution in [0.15, 0.2) is 0 Å². The monoisotopic (exact) mass is 241 g/mol. The van der Waals surface area contributed by atoms with Gasteiger partial charge in [-0.2, -0.15) is 0 Å². The molecule has 0 aromatic carbocycles. The van der Waals surface area contributed by atoms with Crippen molar-refractivity contribution in [1.82, 2.24) is 15.1 Å². The molecule has 4 nitrogen and oxygen atoms in total. The first-order valence-corrected chi connectivity index (χ1v) is 6.70. The van der Waals surface area contributed by atoms with Crippen LogP contribution in [0.3, 0.4) is 0 Å². The largest absolute Gasteiger partial charge is 0.349 e. The molecule has 1 aliphatic rings. The molecule has 0 spiro atoms. The van der Waals surface area contributed by atoms with Crippen LogP contribution in [-0.4, -0.2) is 63.0 Å². The van der Waals surface area contributed by atoms with Gasteiger partial charge >= 0.3 is 0 Å². The van der Waals surface area contributed by atoms with E-state index in [1.807, 2.05) is 21.1 Å². The lowest BCUT2D eigenvalue weighted by Crippen LogP contribution is -2.37. The summed E-state index contributed by atoms with van der Waals surface area (Å²) >= 11 is 0. The van der Waals surface area contributed by atoms with E-state index in [-0.39, 0.29) is 5.91 Å². The second kappa shape index (κ2) is 7.67. The van der Waals surface area contributed by atoms with Gasteiger partial charge in [0.2, 0.25) is 5.91 Å². The Morgan fingerprint density at radius 1 is 1.35 bits per heavy atom. The molecular formula is C13H27N3O. The van der Waals surface area contributed by atoms with Gasteiger partial charge in [0.05, 0.1) is 0 Å². The van der Waals surface area contributed by atoms with Crippen LogP contribution >= 0.6 is 0 Å². The Balaban J connectivity index is 2.08. The Bertz CT molecular complexity index is 223. The van der Waals surface area contributed by atoms with Crippen molar-refractivity contribution in [3.63, 3.8) is 0 Å². The number of nitrogens with zero attached hydrogens (tertiary/aromatic N) is 2. The van der Waals surface area contributed by atoms with Crippen LogP contribution in [0.5, 0.6) is 0 Å². The van der Waals surface area contributed by atoms with E-state index in [0.717, 1.165) is 25.4 Å². The van der Waals surface area contributed by atoms with Crippen molar-refractivity contribution in [3.05, 3.63) is 0 Å². The highest BCUT2D eigenvalue weighted by Crippen LogP contribution is 2.16. The fraction of sp³-hybridized carbons (Fsp3) is 0.923. The van der Waals surface area contributed by atoms with Gasteiger partial charge in [-0.1, -0.05) is 0 Å². The molecule has 1 amide bonds. The van der Waals surface area contributed by atoms with E-state index in [0.29, 0.717) is 6.42 Å². The molecule has 0 saturated carbocycles. The third-order valence-corrected chi connectivity index (χ3v) is 3.56. The van der Waals surface area contributed by atoms with Crippen molar-refractivity contribution in [1.29, 1.82) is 0 Å². The Kier molecular flexibility index (Phi) is 6.52. The van der Waals surface area contributed by atoms with Crippen LogP contribution < -0.4 is 5.32 Å². The van der Waals surface area contributed by atoms with Crippen molar-refractivity contribution in [2.45, 2.75) is 25.7 Å². The average molecular weight is 241 g/mol. The molecule has 1 saturated heterocycles. The molecule has 100 valence electrons. The van der Waals surface area contributed by atoms with E-state index in [1.54, 1.807) is 4.90 Å². The molecule has 1 heterocycles. The second-order valence-corrected chi connectivity index (χ2v) is 5.23. The molecule has 0 aromatic heterocycles. The lowest BCUT2D eigenvalue weighted by Gasteiger charge is -2.31. The number of likely N-dealkylation sites (tertiary alicyclic amines) is 1. The smallest absolute Gasteiger partial charge is 0.222 e. The first-order chi connectivity index (χ1) is 8.13. The lowest BCUT2D eigenvalue weighted by molar-refractivity contribution is -0.128. The van der Waals surface area contributed by atoms with E-state index < -0.39 is 0 Å². The van der Waals surface area contributed by atoms with Crippen LogP contribution in [0.1, 0.15) is 25.7 Å². The third-order valence-electron chi connectivity index (χ3n) is 3.56. The van der Waals surface area contributed by atoms with Crippen molar-refractivity contribution < 1.29 is 4.79 Å². The Morgan fingerprint density at radius 3 is 2.53 bits per heavy atom. The molecule has 4 heteroatoms.